The summed E-state index contributed by atoms with van der Waals surface area (Å²) in [5.41, 5.74) is 0.236. The van der Waals surface area contributed by atoms with Gasteiger partial charge < -0.3 is 4.74 Å². The minimum absolute atomic E-state index is 0.236. The van der Waals surface area contributed by atoms with Gasteiger partial charge in [0.1, 0.15) is 6.23 Å². The van der Waals surface area contributed by atoms with Crippen molar-refractivity contribution in [2.45, 2.75) is 32.5 Å². The van der Waals surface area contributed by atoms with Crippen LogP contribution in [0, 0.1) is 0 Å². The van der Waals surface area contributed by atoms with Crippen molar-refractivity contribution in [1.29, 1.82) is 0 Å². The average Bonchev–Trinajstić information content (AvgIpc) is 1.97. The number of nitrogens with zero attached hydrogens (tertiary/aromatic N) is 1. The Morgan fingerprint density at radius 1 is 1.56 bits per heavy atom. The van der Waals surface area contributed by atoms with Crippen LogP contribution in [0.15, 0.2) is 0 Å². The largest absolute Gasteiger partial charge is 0.362 e. The van der Waals surface area contributed by atoms with Crippen molar-refractivity contribution >= 4 is 0 Å². The lowest BCUT2D eigenvalue weighted by atomic mass is 10.1. The molecule has 1 heterocycles. The lowest BCUT2D eigenvalue weighted by molar-refractivity contribution is 0.0575. The quantitative estimate of drug-likeness (QED) is 0.485. The second-order valence-electron chi connectivity index (χ2n) is 3.33. The Hall–Kier alpha value is -0.0800. The molecule has 0 aromatic rings. The maximum absolute atomic E-state index is 5.41. The van der Waals surface area contributed by atoms with Crippen molar-refractivity contribution in [1.82, 2.24) is 4.90 Å². The van der Waals surface area contributed by atoms with Crippen molar-refractivity contribution in [2.75, 3.05) is 13.7 Å². The Bertz CT molecular complexity index is 111. The molecule has 0 saturated carbocycles. The molecule has 0 aromatic carbocycles. The minimum Gasteiger partial charge on any atom is -0.362 e. The van der Waals surface area contributed by atoms with Gasteiger partial charge in [-0.1, -0.05) is 0 Å². The van der Waals surface area contributed by atoms with Gasteiger partial charge in [-0.05, 0) is 27.8 Å². The van der Waals surface area contributed by atoms with Gasteiger partial charge in [-0.3, -0.25) is 4.90 Å². The van der Waals surface area contributed by atoms with Crippen LogP contribution < -0.4 is 0 Å². The fourth-order valence-corrected chi connectivity index (χ4v) is 1.03. The molecule has 0 aromatic heterocycles. The molecule has 1 fully saturated rings. The Morgan fingerprint density at radius 3 is 2.22 bits per heavy atom. The number of hydrogen-bond acceptors (Lipinski definition) is 2. The Balaban J connectivity index is 2.62. The Morgan fingerprint density at radius 2 is 2.11 bits per heavy atom. The number of ether oxygens (including phenoxy) is 1. The monoisotopic (exact) mass is 129 g/mol. The third kappa shape index (κ3) is 1.10. The maximum Gasteiger partial charge on any atom is 0.108 e. The van der Waals surface area contributed by atoms with Gasteiger partial charge in [-0.2, -0.15) is 0 Å². The second kappa shape index (κ2) is 1.96. The lowest BCUT2D eigenvalue weighted by Crippen LogP contribution is -2.39. The highest BCUT2D eigenvalue weighted by Crippen LogP contribution is 2.23. The second-order valence-corrected chi connectivity index (χ2v) is 3.33. The first-order valence-electron chi connectivity index (χ1n) is 3.38. The van der Waals surface area contributed by atoms with Gasteiger partial charge >= 0.3 is 0 Å². The van der Waals surface area contributed by atoms with Crippen LogP contribution >= 0.6 is 0 Å². The summed E-state index contributed by atoms with van der Waals surface area (Å²) >= 11 is 0. The third-order valence-electron chi connectivity index (χ3n) is 2.18. The van der Waals surface area contributed by atoms with Gasteiger partial charge in [0.25, 0.3) is 0 Å². The molecule has 1 aliphatic heterocycles. The molecule has 0 aliphatic carbocycles. The van der Waals surface area contributed by atoms with Crippen molar-refractivity contribution in [3.63, 3.8) is 0 Å². The molecule has 2 heteroatoms. The molecule has 0 spiro atoms. The van der Waals surface area contributed by atoms with E-state index < -0.39 is 0 Å². The van der Waals surface area contributed by atoms with E-state index in [4.69, 9.17) is 4.74 Å². The average molecular weight is 129 g/mol. The van der Waals surface area contributed by atoms with Gasteiger partial charge in [-0.15, -0.1) is 0 Å². The summed E-state index contributed by atoms with van der Waals surface area (Å²) in [4.78, 5) is 2.24. The molecule has 54 valence electrons. The zero-order valence-electron chi connectivity index (χ0n) is 6.64. The first kappa shape index (κ1) is 7.03. The van der Waals surface area contributed by atoms with Crippen LogP contribution in [-0.4, -0.2) is 30.3 Å². The van der Waals surface area contributed by atoms with Crippen molar-refractivity contribution in [2.24, 2.45) is 0 Å². The van der Waals surface area contributed by atoms with Crippen molar-refractivity contribution in [3.05, 3.63) is 0 Å². The summed E-state index contributed by atoms with van der Waals surface area (Å²) in [6, 6.07) is 0. The molecular formula is C7H15NO. The van der Waals surface area contributed by atoms with E-state index in [9.17, 15) is 0 Å². The zero-order chi connectivity index (χ0) is 7.07. The van der Waals surface area contributed by atoms with E-state index in [0.29, 0.717) is 6.23 Å². The van der Waals surface area contributed by atoms with E-state index in [1.807, 2.05) is 0 Å². The number of rotatable bonds is 0. The standard InChI is InChI=1S/C7H15NO/c1-6-8(4)7(2,3)5-9-6/h6H,5H2,1-4H3. The van der Waals surface area contributed by atoms with Crippen LogP contribution in [0.5, 0.6) is 0 Å². The maximum atomic E-state index is 5.41. The first-order valence-corrected chi connectivity index (χ1v) is 3.38. The Kier molecular flexibility index (Phi) is 1.53. The van der Waals surface area contributed by atoms with E-state index >= 15 is 0 Å². The zero-order valence-corrected chi connectivity index (χ0v) is 6.64. The fraction of sp³-hybridized carbons (Fsp3) is 1.00. The molecule has 9 heavy (non-hydrogen) atoms. The molecule has 0 N–H and O–H groups in total. The van der Waals surface area contributed by atoms with Crippen molar-refractivity contribution < 1.29 is 4.74 Å². The van der Waals surface area contributed by atoms with E-state index in [2.05, 4.69) is 32.7 Å². The van der Waals surface area contributed by atoms with Crippen LogP contribution in [-0.2, 0) is 4.74 Å². The molecule has 1 unspecified atom stereocenters. The highest BCUT2D eigenvalue weighted by Gasteiger charge is 2.34. The molecule has 0 bridgehead atoms. The normalized spacial score (nSPS) is 35.3. The number of hydrogen-bond donors (Lipinski definition) is 0. The van der Waals surface area contributed by atoms with Gasteiger partial charge in [0.05, 0.1) is 6.61 Å². The highest BCUT2D eigenvalue weighted by atomic mass is 16.5. The molecule has 0 radical (unpaired) electrons. The van der Waals surface area contributed by atoms with Gasteiger partial charge in [-0.25, -0.2) is 0 Å². The van der Waals surface area contributed by atoms with Gasteiger partial charge in [0, 0.05) is 5.54 Å². The summed E-state index contributed by atoms with van der Waals surface area (Å²) in [5, 5.41) is 0. The predicted molar refractivity (Wildman–Crippen MR) is 37.3 cm³/mol. The summed E-state index contributed by atoms with van der Waals surface area (Å²) in [5.74, 6) is 0. The molecule has 2 nitrogen and oxygen atoms in total. The SMILES string of the molecule is CC1OCC(C)(C)N1C. The van der Waals surface area contributed by atoms with Crippen LogP contribution in [0.2, 0.25) is 0 Å². The van der Waals surface area contributed by atoms with E-state index in [0.717, 1.165) is 6.61 Å². The predicted octanol–water partition coefficient (Wildman–Crippen LogP) is 1.07. The topological polar surface area (TPSA) is 12.5 Å². The number of likely N-dealkylation sites (N-methyl/N-ethyl adjacent to an activating group) is 1. The molecule has 1 rings (SSSR count). The van der Waals surface area contributed by atoms with Crippen molar-refractivity contribution in [3.8, 4) is 0 Å². The van der Waals surface area contributed by atoms with Gasteiger partial charge in [0.2, 0.25) is 0 Å². The van der Waals surface area contributed by atoms with E-state index in [-0.39, 0.29) is 5.54 Å². The third-order valence-corrected chi connectivity index (χ3v) is 2.18. The summed E-state index contributed by atoms with van der Waals surface area (Å²) in [6.45, 7) is 7.31. The molecule has 0 amide bonds. The summed E-state index contributed by atoms with van der Waals surface area (Å²) < 4.78 is 5.41. The first-order chi connectivity index (χ1) is 4.04. The molecule has 1 aliphatic rings. The van der Waals surface area contributed by atoms with Crippen LogP contribution in [0.25, 0.3) is 0 Å². The van der Waals surface area contributed by atoms with Crippen LogP contribution in [0.3, 0.4) is 0 Å². The fourth-order valence-electron chi connectivity index (χ4n) is 1.03. The lowest BCUT2D eigenvalue weighted by Gasteiger charge is -2.27. The summed E-state index contributed by atoms with van der Waals surface area (Å²) in [6.07, 6.45) is 0.292. The Labute approximate surface area is 56.8 Å². The minimum atomic E-state index is 0.236. The summed E-state index contributed by atoms with van der Waals surface area (Å²) in [7, 11) is 2.09. The van der Waals surface area contributed by atoms with Gasteiger partial charge in [0.15, 0.2) is 0 Å². The molecule has 1 saturated heterocycles. The van der Waals surface area contributed by atoms with Crippen LogP contribution in [0.4, 0.5) is 0 Å². The van der Waals surface area contributed by atoms with E-state index in [1.54, 1.807) is 0 Å². The molecular weight excluding hydrogens is 114 g/mol. The highest BCUT2D eigenvalue weighted by molar-refractivity contribution is 4.84. The van der Waals surface area contributed by atoms with E-state index in [1.165, 1.54) is 0 Å². The van der Waals surface area contributed by atoms with Crippen LogP contribution in [0.1, 0.15) is 20.8 Å². The molecule has 1 atom stereocenters. The smallest absolute Gasteiger partial charge is 0.108 e.